The van der Waals surface area contributed by atoms with Crippen molar-refractivity contribution in [1.29, 1.82) is 0 Å². The summed E-state index contributed by atoms with van der Waals surface area (Å²) in [5.41, 5.74) is 0.972. The van der Waals surface area contributed by atoms with Gasteiger partial charge in [0.15, 0.2) is 9.84 Å². The van der Waals surface area contributed by atoms with E-state index < -0.39 is 9.84 Å². The van der Waals surface area contributed by atoms with Crippen LogP contribution in [0.15, 0.2) is 53.4 Å². The quantitative estimate of drug-likeness (QED) is 0.677. The topological polar surface area (TPSA) is 54.5 Å². The van der Waals surface area contributed by atoms with Crippen molar-refractivity contribution in [3.8, 4) is 0 Å². The molecule has 0 aliphatic carbocycles. The summed E-state index contributed by atoms with van der Waals surface area (Å²) in [5.74, 6) is -0.207. The van der Waals surface area contributed by atoms with Crippen molar-refractivity contribution in [1.82, 2.24) is 0 Å². The predicted octanol–water partition coefficient (Wildman–Crippen LogP) is 3.75. The van der Waals surface area contributed by atoms with E-state index in [1.807, 2.05) is 26.0 Å². The maximum atomic E-state index is 13.0. The van der Waals surface area contributed by atoms with Gasteiger partial charge in [-0.05, 0) is 60.7 Å². The van der Waals surface area contributed by atoms with Crippen LogP contribution in [0.3, 0.4) is 0 Å². The lowest BCUT2D eigenvalue weighted by atomic mass is 10.1. The molecule has 2 aromatic rings. The average Bonchev–Trinajstić information content (AvgIpc) is 2.47. The van der Waals surface area contributed by atoms with Crippen molar-refractivity contribution in [3.63, 3.8) is 0 Å². The molecule has 0 radical (unpaired) electrons. The van der Waals surface area contributed by atoms with Crippen LogP contribution < -0.4 is 4.90 Å². The van der Waals surface area contributed by atoms with Crippen LogP contribution in [0.2, 0.25) is 0 Å². The zero-order valence-electron chi connectivity index (χ0n) is 13.2. The largest absolute Gasteiger partial charge is 0.305 e. The van der Waals surface area contributed by atoms with Crippen molar-refractivity contribution < 1.29 is 13.2 Å². The molecule has 0 spiro atoms. The molecule has 0 N–H and O–H groups in total. The highest BCUT2D eigenvalue weighted by Crippen LogP contribution is 2.29. The molecule has 0 aromatic heterocycles. The Morgan fingerprint density at radius 2 is 1.61 bits per heavy atom. The molecular weight excluding hydrogens is 425 g/mol. The van der Waals surface area contributed by atoms with E-state index in [9.17, 15) is 13.2 Å². The number of anilines is 1. The zero-order chi connectivity index (χ0) is 17.2. The molecule has 0 aliphatic heterocycles. The van der Waals surface area contributed by atoms with Crippen molar-refractivity contribution >= 4 is 44.0 Å². The minimum atomic E-state index is -3.43. The zero-order valence-corrected chi connectivity index (χ0v) is 16.1. The lowest BCUT2D eigenvalue weighted by Gasteiger charge is -2.29. The maximum absolute atomic E-state index is 13.0. The van der Waals surface area contributed by atoms with Gasteiger partial charge in [0.2, 0.25) is 0 Å². The Hall–Kier alpha value is -1.41. The second-order valence-corrected chi connectivity index (χ2v) is 8.63. The molecule has 4 nitrogen and oxygen atoms in total. The van der Waals surface area contributed by atoms with Crippen LogP contribution in [0.5, 0.6) is 0 Å². The van der Waals surface area contributed by atoms with Crippen LogP contribution in [0.1, 0.15) is 24.2 Å². The second kappa shape index (κ2) is 7.00. The van der Waals surface area contributed by atoms with E-state index in [2.05, 4.69) is 22.6 Å². The van der Waals surface area contributed by atoms with Gasteiger partial charge >= 0.3 is 0 Å². The predicted molar refractivity (Wildman–Crippen MR) is 101 cm³/mol. The van der Waals surface area contributed by atoms with Crippen molar-refractivity contribution in [2.75, 3.05) is 11.2 Å². The minimum Gasteiger partial charge on any atom is -0.305 e. The molecule has 2 aromatic carbocycles. The highest BCUT2D eigenvalue weighted by molar-refractivity contribution is 14.1. The van der Waals surface area contributed by atoms with Crippen molar-refractivity contribution in [3.05, 3.63) is 57.7 Å². The van der Waals surface area contributed by atoms with E-state index in [1.54, 1.807) is 30.3 Å². The van der Waals surface area contributed by atoms with Gasteiger partial charge in [0, 0.05) is 15.9 Å². The van der Waals surface area contributed by atoms with Gasteiger partial charge in [-0.3, -0.25) is 4.79 Å². The molecule has 6 heteroatoms. The first-order valence-corrected chi connectivity index (χ1v) is 10.1. The lowest BCUT2D eigenvalue weighted by molar-refractivity contribution is 0.0979. The number of rotatable bonds is 4. The Morgan fingerprint density at radius 1 is 1.04 bits per heavy atom. The van der Waals surface area contributed by atoms with Crippen LogP contribution in [0.4, 0.5) is 5.69 Å². The molecule has 23 heavy (non-hydrogen) atoms. The summed E-state index contributed by atoms with van der Waals surface area (Å²) >= 11 is 2.11. The number of carbonyl (C=O) groups is 1. The monoisotopic (exact) mass is 443 g/mol. The Bertz CT molecular complexity index is 831. The van der Waals surface area contributed by atoms with Crippen LogP contribution in [0.25, 0.3) is 0 Å². The first kappa shape index (κ1) is 17.9. The number of benzene rings is 2. The number of amides is 1. The van der Waals surface area contributed by atoms with Gasteiger partial charge in [0.25, 0.3) is 5.91 Å². The SMILES string of the molecule is CC(C)N(C(=O)c1ccccc1I)c1ccccc1S(C)(=O)=O. The van der Waals surface area contributed by atoms with E-state index in [1.165, 1.54) is 11.0 Å². The molecule has 0 atom stereocenters. The van der Waals surface area contributed by atoms with Gasteiger partial charge in [-0.2, -0.15) is 0 Å². The van der Waals surface area contributed by atoms with Crippen LogP contribution >= 0.6 is 22.6 Å². The Labute approximate surface area is 150 Å². The Kier molecular flexibility index (Phi) is 5.46. The van der Waals surface area contributed by atoms with E-state index in [-0.39, 0.29) is 16.8 Å². The summed E-state index contributed by atoms with van der Waals surface area (Å²) in [5, 5.41) is 0. The third kappa shape index (κ3) is 3.92. The molecule has 0 aliphatic rings. The number of hydrogen-bond acceptors (Lipinski definition) is 3. The fourth-order valence-electron chi connectivity index (χ4n) is 2.36. The summed E-state index contributed by atoms with van der Waals surface area (Å²) in [6.45, 7) is 3.74. The highest BCUT2D eigenvalue weighted by Gasteiger charge is 2.26. The normalized spacial score (nSPS) is 11.5. The van der Waals surface area contributed by atoms with Crippen LogP contribution in [-0.4, -0.2) is 26.6 Å². The van der Waals surface area contributed by atoms with Gasteiger partial charge in [-0.1, -0.05) is 24.3 Å². The molecule has 1 amide bonds. The number of sulfone groups is 1. The van der Waals surface area contributed by atoms with E-state index in [4.69, 9.17) is 0 Å². The number of nitrogens with zero attached hydrogens (tertiary/aromatic N) is 1. The summed E-state index contributed by atoms with van der Waals surface area (Å²) in [4.78, 5) is 14.7. The summed E-state index contributed by atoms with van der Waals surface area (Å²) in [6, 6.07) is 13.7. The third-order valence-corrected chi connectivity index (χ3v) is 5.45. The summed E-state index contributed by atoms with van der Waals surface area (Å²) < 4.78 is 25.0. The highest BCUT2D eigenvalue weighted by atomic mass is 127. The standard InChI is InChI=1S/C17H18INO3S/c1-12(2)19(17(20)13-8-4-5-9-14(13)18)15-10-6-7-11-16(15)23(3,21)22/h4-12H,1-3H3. The molecule has 2 rings (SSSR count). The lowest BCUT2D eigenvalue weighted by Crippen LogP contribution is -2.38. The van der Waals surface area contributed by atoms with Crippen LogP contribution in [0, 0.1) is 3.57 Å². The van der Waals surface area contributed by atoms with Gasteiger partial charge in [-0.15, -0.1) is 0 Å². The second-order valence-electron chi connectivity index (χ2n) is 5.49. The molecule has 0 unspecified atom stereocenters. The Balaban J connectivity index is 2.62. The van der Waals surface area contributed by atoms with Gasteiger partial charge in [0.05, 0.1) is 16.1 Å². The van der Waals surface area contributed by atoms with Crippen molar-refractivity contribution in [2.45, 2.75) is 24.8 Å². The van der Waals surface area contributed by atoms with Crippen molar-refractivity contribution in [2.24, 2.45) is 0 Å². The van der Waals surface area contributed by atoms with E-state index >= 15 is 0 Å². The first-order valence-electron chi connectivity index (χ1n) is 7.10. The number of carbonyl (C=O) groups excluding carboxylic acids is 1. The average molecular weight is 443 g/mol. The van der Waals surface area contributed by atoms with Gasteiger partial charge in [-0.25, -0.2) is 8.42 Å². The minimum absolute atomic E-state index is 0.160. The van der Waals surface area contributed by atoms with E-state index in [0.717, 1.165) is 9.83 Å². The fourth-order valence-corrected chi connectivity index (χ4v) is 3.85. The summed E-state index contributed by atoms with van der Waals surface area (Å²) in [7, 11) is -3.43. The van der Waals surface area contributed by atoms with Crippen LogP contribution in [-0.2, 0) is 9.84 Å². The molecule has 0 bridgehead atoms. The molecule has 0 fully saturated rings. The summed E-state index contributed by atoms with van der Waals surface area (Å²) in [6.07, 6.45) is 1.15. The first-order chi connectivity index (χ1) is 10.7. The number of para-hydroxylation sites is 1. The molecule has 0 saturated heterocycles. The molecule has 0 saturated carbocycles. The Morgan fingerprint density at radius 3 is 2.17 bits per heavy atom. The number of halogens is 1. The fraction of sp³-hybridized carbons (Fsp3) is 0.235. The number of hydrogen-bond donors (Lipinski definition) is 0. The third-order valence-electron chi connectivity index (χ3n) is 3.36. The van der Waals surface area contributed by atoms with Gasteiger partial charge < -0.3 is 4.90 Å². The molecular formula is C17H18INO3S. The van der Waals surface area contributed by atoms with E-state index in [0.29, 0.717) is 11.3 Å². The maximum Gasteiger partial charge on any atom is 0.259 e. The molecule has 0 heterocycles. The smallest absolute Gasteiger partial charge is 0.259 e. The molecule has 122 valence electrons. The van der Waals surface area contributed by atoms with Gasteiger partial charge in [0.1, 0.15) is 0 Å².